The molecule has 0 N–H and O–H groups in total. The number of carbonyl (C=O) groups excluding carboxylic acids is 3. The minimum absolute atomic E-state index is 0.0867. The van der Waals surface area contributed by atoms with Crippen molar-refractivity contribution in [1.82, 2.24) is 0 Å². The lowest BCUT2D eigenvalue weighted by Gasteiger charge is -2.17. The molecule has 2 amide bonds. The minimum atomic E-state index is -0.418. The molecule has 35 heavy (non-hydrogen) atoms. The molecule has 2 bridgehead atoms. The van der Waals surface area contributed by atoms with Crippen LogP contribution in [0.2, 0.25) is 0 Å². The fourth-order valence-electron chi connectivity index (χ4n) is 5.41. The van der Waals surface area contributed by atoms with E-state index in [9.17, 15) is 14.4 Å². The fraction of sp³-hybridized carbons (Fsp3) is 0.207. The van der Waals surface area contributed by atoms with E-state index in [1.54, 1.807) is 48.5 Å². The third-order valence-corrected chi connectivity index (χ3v) is 7.11. The first-order chi connectivity index (χ1) is 17.1. The van der Waals surface area contributed by atoms with Gasteiger partial charge in [0.25, 0.3) is 0 Å². The van der Waals surface area contributed by atoms with Crippen LogP contribution in [-0.2, 0) is 16.2 Å². The van der Waals surface area contributed by atoms with Gasteiger partial charge in [-0.25, -0.2) is 4.79 Å². The number of rotatable bonds is 6. The van der Waals surface area contributed by atoms with Gasteiger partial charge in [-0.1, -0.05) is 42.5 Å². The molecule has 2 fully saturated rings. The molecule has 0 spiro atoms. The zero-order valence-electron chi connectivity index (χ0n) is 18.9. The number of hydrogen-bond acceptors (Lipinski definition) is 5. The monoisotopic (exact) mass is 465 g/mol. The maximum atomic E-state index is 13.0. The van der Waals surface area contributed by atoms with Gasteiger partial charge in [-0.05, 0) is 72.4 Å². The molecule has 1 saturated carbocycles. The van der Waals surface area contributed by atoms with E-state index in [4.69, 9.17) is 9.47 Å². The molecule has 6 rings (SSSR count). The van der Waals surface area contributed by atoms with Crippen LogP contribution in [0.25, 0.3) is 0 Å². The number of fused-ring (bicyclic) bond motifs is 5. The van der Waals surface area contributed by atoms with Crippen LogP contribution in [0, 0.1) is 23.7 Å². The van der Waals surface area contributed by atoms with Crippen molar-refractivity contribution in [3.63, 3.8) is 0 Å². The Morgan fingerprint density at radius 1 is 0.771 bits per heavy atom. The molecule has 0 unspecified atom stereocenters. The maximum absolute atomic E-state index is 13.0. The standard InChI is InChI=1S/C29H23NO5/c31-27-25-20-10-11-21(16-20)26(25)28(32)30(27)22-12-14-23(15-13-22)34-17-18-6-8-19(9-7-18)29(33)35-24-4-2-1-3-5-24/h1-15,20-21,25-26H,16-17H2/t20-,21+,25-,26-/m0/s1. The lowest BCUT2D eigenvalue weighted by atomic mass is 9.85. The molecule has 3 aliphatic rings. The lowest BCUT2D eigenvalue weighted by molar-refractivity contribution is -0.123. The van der Waals surface area contributed by atoms with Gasteiger partial charge in [0.1, 0.15) is 18.1 Å². The second-order valence-electron chi connectivity index (χ2n) is 9.19. The Bertz CT molecular complexity index is 1280. The van der Waals surface area contributed by atoms with E-state index in [1.807, 2.05) is 30.3 Å². The van der Waals surface area contributed by atoms with Crippen molar-refractivity contribution < 1.29 is 23.9 Å². The van der Waals surface area contributed by atoms with E-state index >= 15 is 0 Å². The number of para-hydroxylation sites is 1. The highest BCUT2D eigenvalue weighted by Crippen LogP contribution is 2.53. The van der Waals surface area contributed by atoms with Gasteiger partial charge in [-0.2, -0.15) is 0 Å². The molecule has 2 aliphatic carbocycles. The van der Waals surface area contributed by atoms with Crippen molar-refractivity contribution in [2.24, 2.45) is 23.7 Å². The van der Waals surface area contributed by atoms with Gasteiger partial charge in [0.15, 0.2) is 0 Å². The fourth-order valence-corrected chi connectivity index (χ4v) is 5.41. The summed E-state index contributed by atoms with van der Waals surface area (Å²) in [4.78, 5) is 39.6. The Morgan fingerprint density at radius 2 is 1.40 bits per heavy atom. The second kappa shape index (κ2) is 8.55. The number of ether oxygens (including phenoxy) is 2. The SMILES string of the molecule is O=C(Oc1ccccc1)c1ccc(COc2ccc(N3C(=O)[C@@H]4[C@@H](C3=O)[C@H]3C=C[C@@H]4C3)cc2)cc1. The Kier molecular flexibility index (Phi) is 5.21. The molecule has 174 valence electrons. The van der Waals surface area contributed by atoms with E-state index in [-0.39, 0.29) is 35.5 Å². The molecular formula is C29H23NO5. The number of carbonyl (C=O) groups is 3. The molecule has 1 aliphatic heterocycles. The molecule has 3 aromatic carbocycles. The summed E-state index contributed by atoms with van der Waals surface area (Å²) in [5, 5.41) is 0. The van der Waals surface area contributed by atoms with Crippen molar-refractivity contribution in [3.8, 4) is 11.5 Å². The van der Waals surface area contributed by atoms with Crippen LogP contribution in [0.15, 0.2) is 91.0 Å². The molecule has 1 heterocycles. The van der Waals surface area contributed by atoms with Crippen LogP contribution in [-0.4, -0.2) is 17.8 Å². The smallest absolute Gasteiger partial charge is 0.343 e. The van der Waals surface area contributed by atoms with Gasteiger partial charge in [-0.15, -0.1) is 0 Å². The van der Waals surface area contributed by atoms with Crippen LogP contribution in [0.1, 0.15) is 22.3 Å². The van der Waals surface area contributed by atoms with Gasteiger partial charge >= 0.3 is 5.97 Å². The Balaban J connectivity index is 1.07. The largest absolute Gasteiger partial charge is 0.489 e. The first kappa shape index (κ1) is 21.4. The topological polar surface area (TPSA) is 72.9 Å². The van der Waals surface area contributed by atoms with Crippen molar-refractivity contribution in [1.29, 1.82) is 0 Å². The Labute approximate surface area is 202 Å². The van der Waals surface area contributed by atoms with Crippen LogP contribution in [0.3, 0.4) is 0 Å². The van der Waals surface area contributed by atoms with Gasteiger partial charge in [0.05, 0.1) is 23.1 Å². The second-order valence-corrected chi connectivity index (χ2v) is 9.19. The third-order valence-electron chi connectivity index (χ3n) is 7.11. The number of benzene rings is 3. The first-order valence-corrected chi connectivity index (χ1v) is 11.7. The van der Waals surface area contributed by atoms with Gasteiger partial charge in [0.2, 0.25) is 11.8 Å². The average molecular weight is 466 g/mol. The summed E-state index contributed by atoms with van der Waals surface area (Å²) in [6, 6.07) is 23.0. The Morgan fingerprint density at radius 3 is 2.03 bits per heavy atom. The van der Waals surface area contributed by atoms with E-state index in [1.165, 1.54) is 4.90 Å². The van der Waals surface area contributed by atoms with Crippen molar-refractivity contribution in [3.05, 3.63) is 102 Å². The summed E-state index contributed by atoms with van der Waals surface area (Å²) in [5.74, 6) is 0.510. The maximum Gasteiger partial charge on any atom is 0.343 e. The number of esters is 1. The number of imide groups is 1. The summed E-state index contributed by atoms with van der Waals surface area (Å²) >= 11 is 0. The molecule has 3 aromatic rings. The van der Waals surface area contributed by atoms with Crippen LogP contribution in [0.5, 0.6) is 11.5 Å². The van der Waals surface area contributed by atoms with Gasteiger partial charge in [-0.3, -0.25) is 14.5 Å². The summed E-state index contributed by atoms with van der Waals surface area (Å²) in [5.41, 5.74) is 1.93. The highest BCUT2D eigenvalue weighted by molar-refractivity contribution is 6.22. The predicted octanol–water partition coefficient (Wildman–Crippen LogP) is 4.80. The lowest BCUT2D eigenvalue weighted by Crippen LogP contribution is -2.32. The molecular weight excluding hydrogens is 442 g/mol. The molecule has 0 aromatic heterocycles. The Hall–Kier alpha value is -4.19. The molecule has 1 saturated heterocycles. The summed E-state index contributed by atoms with van der Waals surface area (Å²) in [7, 11) is 0. The highest BCUT2D eigenvalue weighted by atomic mass is 16.5. The minimum Gasteiger partial charge on any atom is -0.489 e. The molecule has 4 atom stereocenters. The molecule has 6 heteroatoms. The van der Waals surface area contributed by atoms with Crippen molar-refractivity contribution in [2.45, 2.75) is 13.0 Å². The first-order valence-electron chi connectivity index (χ1n) is 11.7. The van der Waals surface area contributed by atoms with E-state index in [0.717, 1.165) is 12.0 Å². The number of nitrogens with zero attached hydrogens (tertiary/aromatic N) is 1. The quantitative estimate of drug-likeness (QED) is 0.226. The van der Waals surface area contributed by atoms with E-state index in [2.05, 4.69) is 12.2 Å². The summed E-state index contributed by atoms with van der Waals surface area (Å²) < 4.78 is 11.2. The number of hydrogen-bond donors (Lipinski definition) is 0. The number of allylic oxidation sites excluding steroid dienone is 2. The zero-order chi connectivity index (χ0) is 23.9. The van der Waals surface area contributed by atoms with E-state index < -0.39 is 5.97 Å². The van der Waals surface area contributed by atoms with Crippen molar-refractivity contribution >= 4 is 23.5 Å². The summed E-state index contributed by atoms with van der Waals surface area (Å²) in [6.45, 7) is 0.314. The van der Waals surface area contributed by atoms with Crippen LogP contribution in [0.4, 0.5) is 5.69 Å². The number of amides is 2. The van der Waals surface area contributed by atoms with Crippen LogP contribution < -0.4 is 14.4 Å². The van der Waals surface area contributed by atoms with Crippen molar-refractivity contribution in [2.75, 3.05) is 4.90 Å². The highest BCUT2D eigenvalue weighted by Gasteiger charge is 2.59. The predicted molar refractivity (Wildman–Crippen MR) is 129 cm³/mol. The molecule has 0 radical (unpaired) electrons. The van der Waals surface area contributed by atoms with Gasteiger partial charge < -0.3 is 9.47 Å². The normalized spacial score (nSPS) is 24.1. The average Bonchev–Trinajstić information content (AvgIpc) is 3.58. The third kappa shape index (κ3) is 3.81. The number of anilines is 1. The zero-order valence-corrected chi connectivity index (χ0v) is 18.9. The van der Waals surface area contributed by atoms with Gasteiger partial charge in [0, 0.05) is 0 Å². The van der Waals surface area contributed by atoms with Crippen LogP contribution >= 0.6 is 0 Å². The molecule has 6 nitrogen and oxygen atoms in total. The van der Waals surface area contributed by atoms with E-state index in [0.29, 0.717) is 29.4 Å². The summed E-state index contributed by atoms with van der Waals surface area (Å²) in [6.07, 6.45) is 5.11.